The van der Waals surface area contributed by atoms with Gasteiger partial charge in [0.05, 0.1) is 6.04 Å². The largest absolute Gasteiger partial charge is 0.300 e. The van der Waals surface area contributed by atoms with Crippen LogP contribution in [0.4, 0.5) is 0 Å². The molecule has 0 aliphatic heterocycles. The third-order valence-electron chi connectivity index (χ3n) is 2.64. The zero-order valence-corrected chi connectivity index (χ0v) is 9.73. The third kappa shape index (κ3) is 3.84. The molecular weight excluding hydrogens is 186 g/mol. The summed E-state index contributed by atoms with van der Waals surface area (Å²) in [5, 5.41) is 0. The second-order valence-corrected chi connectivity index (χ2v) is 4.11. The average Bonchev–Trinajstić information content (AvgIpc) is 2.18. The van der Waals surface area contributed by atoms with E-state index in [9.17, 15) is 4.79 Å². The summed E-state index contributed by atoms with van der Waals surface area (Å²) in [5.74, 6) is 0.246. The summed E-state index contributed by atoms with van der Waals surface area (Å²) >= 11 is 0. The SMILES string of the molecule is CC(=O)[C@@H](CCc1ccccc1)N(C)C. The van der Waals surface area contributed by atoms with E-state index in [4.69, 9.17) is 0 Å². The smallest absolute Gasteiger partial charge is 0.146 e. The van der Waals surface area contributed by atoms with Gasteiger partial charge in [-0.2, -0.15) is 0 Å². The van der Waals surface area contributed by atoms with E-state index >= 15 is 0 Å². The molecule has 0 fully saturated rings. The van der Waals surface area contributed by atoms with Gasteiger partial charge in [-0.05, 0) is 39.4 Å². The maximum Gasteiger partial charge on any atom is 0.146 e. The van der Waals surface area contributed by atoms with Crippen molar-refractivity contribution in [2.24, 2.45) is 0 Å². The van der Waals surface area contributed by atoms with Crippen LogP contribution in [-0.2, 0) is 11.2 Å². The fourth-order valence-electron chi connectivity index (χ4n) is 1.77. The first-order valence-corrected chi connectivity index (χ1v) is 5.32. The highest BCUT2D eigenvalue weighted by Crippen LogP contribution is 2.08. The maximum atomic E-state index is 11.4. The van der Waals surface area contributed by atoms with Gasteiger partial charge in [0, 0.05) is 0 Å². The second-order valence-electron chi connectivity index (χ2n) is 4.11. The van der Waals surface area contributed by atoms with E-state index in [0.717, 1.165) is 12.8 Å². The maximum absolute atomic E-state index is 11.4. The van der Waals surface area contributed by atoms with Crippen LogP contribution in [0.1, 0.15) is 18.9 Å². The van der Waals surface area contributed by atoms with Gasteiger partial charge in [0.1, 0.15) is 5.78 Å². The summed E-state index contributed by atoms with van der Waals surface area (Å²) in [6, 6.07) is 10.3. The predicted molar refractivity (Wildman–Crippen MR) is 62.9 cm³/mol. The predicted octanol–water partition coefficient (Wildman–Crippen LogP) is 2.14. The second kappa shape index (κ2) is 5.66. The average molecular weight is 205 g/mol. The van der Waals surface area contributed by atoms with Crippen LogP contribution in [0, 0.1) is 0 Å². The molecule has 0 aromatic heterocycles. The van der Waals surface area contributed by atoms with Crippen molar-refractivity contribution in [3.63, 3.8) is 0 Å². The number of likely N-dealkylation sites (N-methyl/N-ethyl adjacent to an activating group) is 1. The molecule has 2 heteroatoms. The number of carbonyl (C=O) groups is 1. The zero-order valence-electron chi connectivity index (χ0n) is 9.73. The van der Waals surface area contributed by atoms with Gasteiger partial charge >= 0.3 is 0 Å². The number of Topliss-reactive ketones (excluding diaryl/α,β-unsaturated/α-hetero) is 1. The molecule has 0 N–H and O–H groups in total. The van der Waals surface area contributed by atoms with Crippen LogP contribution in [0.15, 0.2) is 30.3 Å². The molecule has 0 amide bonds. The van der Waals surface area contributed by atoms with Gasteiger partial charge in [-0.15, -0.1) is 0 Å². The Labute approximate surface area is 91.9 Å². The molecule has 0 unspecified atom stereocenters. The Morgan fingerprint density at radius 1 is 1.27 bits per heavy atom. The Bertz CT molecular complexity index is 306. The molecule has 82 valence electrons. The van der Waals surface area contributed by atoms with Crippen molar-refractivity contribution in [1.29, 1.82) is 0 Å². The molecular formula is C13H19NO. The topological polar surface area (TPSA) is 20.3 Å². The van der Waals surface area contributed by atoms with E-state index in [1.807, 2.05) is 37.2 Å². The van der Waals surface area contributed by atoms with Gasteiger partial charge in [-0.3, -0.25) is 9.69 Å². The molecule has 1 atom stereocenters. The van der Waals surface area contributed by atoms with Gasteiger partial charge in [-0.25, -0.2) is 0 Å². The highest BCUT2D eigenvalue weighted by molar-refractivity contribution is 5.81. The molecule has 0 bridgehead atoms. The first kappa shape index (κ1) is 11.9. The Morgan fingerprint density at radius 2 is 1.87 bits per heavy atom. The summed E-state index contributed by atoms with van der Waals surface area (Å²) in [7, 11) is 3.91. The molecule has 1 aromatic carbocycles. The van der Waals surface area contributed by atoms with E-state index in [0.29, 0.717) is 0 Å². The molecule has 2 nitrogen and oxygen atoms in total. The first-order valence-electron chi connectivity index (χ1n) is 5.32. The molecule has 15 heavy (non-hydrogen) atoms. The van der Waals surface area contributed by atoms with Crippen molar-refractivity contribution in [2.45, 2.75) is 25.8 Å². The molecule has 0 saturated heterocycles. The quantitative estimate of drug-likeness (QED) is 0.734. The van der Waals surface area contributed by atoms with Crippen LogP contribution in [0.3, 0.4) is 0 Å². The van der Waals surface area contributed by atoms with Gasteiger partial charge in [0.15, 0.2) is 0 Å². The van der Waals surface area contributed by atoms with E-state index in [1.165, 1.54) is 5.56 Å². The minimum atomic E-state index is 0.0465. The van der Waals surface area contributed by atoms with Crippen molar-refractivity contribution in [2.75, 3.05) is 14.1 Å². The third-order valence-corrected chi connectivity index (χ3v) is 2.64. The Hall–Kier alpha value is -1.15. The van der Waals surface area contributed by atoms with Gasteiger partial charge in [0.2, 0.25) is 0 Å². The number of carbonyl (C=O) groups excluding carboxylic acids is 1. The summed E-state index contributed by atoms with van der Waals surface area (Å²) in [6.45, 7) is 1.66. The van der Waals surface area contributed by atoms with Crippen molar-refractivity contribution in [1.82, 2.24) is 4.90 Å². The van der Waals surface area contributed by atoms with E-state index in [-0.39, 0.29) is 11.8 Å². The number of ketones is 1. The van der Waals surface area contributed by atoms with Crippen molar-refractivity contribution >= 4 is 5.78 Å². The lowest BCUT2D eigenvalue weighted by Gasteiger charge is -2.21. The van der Waals surface area contributed by atoms with Crippen LogP contribution < -0.4 is 0 Å². The zero-order chi connectivity index (χ0) is 11.3. The molecule has 0 heterocycles. The molecule has 0 radical (unpaired) electrons. The molecule has 1 rings (SSSR count). The van der Waals surface area contributed by atoms with Crippen LogP contribution in [-0.4, -0.2) is 30.8 Å². The minimum Gasteiger partial charge on any atom is -0.300 e. The van der Waals surface area contributed by atoms with Crippen LogP contribution in [0.5, 0.6) is 0 Å². The molecule has 1 aromatic rings. The van der Waals surface area contributed by atoms with Crippen LogP contribution >= 0.6 is 0 Å². The van der Waals surface area contributed by atoms with Crippen molar-refractivity contribution in [3.05, 3.63) is 35.9 Å². The standard InChI is InChI=1S/C13H19NO/c1-11(15)13(14(2)3)10-9-12-7-5-4-6-8-12/h4-8,13H,9-10H2,1-3H3/t13-/m1/s1. The number of hydrogen-bond acceptors (Lipinski definition) is 2. The van der Waals surface area contributed by atoms with Gasteiger partial charge in [0.25, 0.3) is 0 Å². The fourth-order valence-corrected chi connectivity index (χ4v) is 1.77. The fraction of sp³-hybridized carbons (Fsp3) is 0.462. The number of hydrogen-bond donors (Lipinski definition) is 0. The van der Waals surface area contributed by atoms with Crippen molar-refractivity contribution in [3.8, 4) is 0 Å². The van der Waals surface area contributed by atoms with Crippen LogP contribution in [0.2, 0.25) is 0 Å². The molecule has 0 spiro atoms. The van der Waals surface area contributed by atoms with E-state index < -0.39 is 0 Å². The minimum absolute atomic E-state index is 0.0465. The number of benzene rings is 1. The summed E-state index contributed by atoms with van der Waals surface area (Å²) in [5.41, 5.74) is 1.30. The van der Waals surface area contributed by atoms with Gasteiger partial charge < -0.3 is 0 Å². The van der Waals surface area contributed by atoms with Gasteiger partial charge in [-0.1, -0.05) is 30.3 Å². The Morgan fingerprint density at radius 3 is 2.33 bits per heavy atom. The Balaban J connectivity index is 2.51. The van der Waals surface area contributed by atoms with E-state index in [2.05, 4.69) is 12.1 Å². The molecule has 0 aliphatic rings. The monoisotopic (exact) mass is 205 g/mol. The molecule has 0 saturated carbocycles. The summed E-state index contributed by atoms with van der Waals surface area (Å²) in [6.07, 6.45) is 1.86. The number of rotatable bonds is 5. The lowest BCUT2D eigenvalue weighted by molar-refractivity contribution is -0.121. The van der Waals surface area contributed by atoms with Crippen molar-refractivity contribution < 1.29 is 4.79 Å². The Kier molecular flexibility index (Phi) is 4.50. The normalized spacial score (nSPS) is 12.8. The highest BCUT2D eigenvalue weighted by atomic mass is 16.1. The summed E-state index contributed by atoms with van der Waals surface area (Å²) in [4.78, 5) is 13.4. The first-order chi connectivity index (χ1) is 7.11. The number of nitrogens with zero attached hydrogens (tertiary/aromatic N) is 1. The molecule has 0 aliphatic carbocycles. The number of aryl methyl sites for hydroxylation is 1. The van der Waals surface area contributed by atoms with Crippen LogP contribution in [0.25, 0.3) is 0 Å². The lowest BCUT2D eigenvalue weighted by Crippen LogP contribution is -2.34. The highest BCUT2D eigenvalue weighted by Gasteiger charge is 2.15. The summed E-state index contributed by atoms with van der Waals surface area (Å²) < 4.78 is 0. The van der Waals surface area contributed by atoms with E-state index in [1.54, 1.807) is 6.92 Å². The lowest BCUT2D eigenvalue weighted by atomic mass is 10.0.